The molecule has 0 unspecified atom stereocenters. The molecule has 0 saturated carbocycles. The van der Waals surface area contributed by atoms with Gasteiger partial charge in [0.25, 0.3) is 0 Å². The molecule has 0 aliphatic heterocycles. The number of amides is 1. The number of anilines is 1. The molecule has 1 aromatic heterocycles. The van der Waals surface area contributed by atoms with Crippen molar-refractivity contribution in [2.75, 3.05) is 11.6 Å². The maximum atomic E-state index is 13.6. The molecule has 0 saturated heterocycles. The maximum Gasteiger partial charge on any atom is 0.248 e. The second kappa shape index (κ2) is 6.15. The Hall–Kier alpha value is -2.41. The quantitative estimate of drug-likeness (QED) is 0.693. The summed E-state index contributed by atoms with van der Waals surface area (Å²) in [5, 5.41) is 2.29. The summed E-state index contributed by atoms with van der Waals surface area (Å²) >= 11 is 0. The highest BCUT2D eigenvalue weighted by Crippen LogP contribution is 2.19. The summed E-state index contributed by atoms with van der Waals surface area (Å²) in [7, 11) is -3.48. The van der Waals surface area contributed by atoms with E-state index < -0.39 is 21.6 Å². The van der Waals surface area contributed by atoms with Crippen LogP contribution in [0.3, 0.4) is 0 Å². The number of sulfone groups is 1. The van der Waals surface area contributed by atoms with Crippen LogP contribution in [0.4, 0.5) is 10.1 Å². The Morgan fingerprint density at radius 2 is 2.00 bits per heavy atom. The van der Waals surface area contributed by atoms with E-state index in [1.807, 2.05) is 0 Å². The first kappa shape index (κ1) is 16.0. The van der Waals surface area contributed by atoms with Gasteiger partial charge < -0.3 is 9.73 Å². The monoisotopic (exact) mass is 323 g/mol. The second-order valence-electron chi connectivity index (χ2n) is 4.68. The molecule has 2 rings (SSSR count). The minimum Gasteiger partial charge on any atom is -0.462 e. The molecule has 0 spiro atoms. The number of benzene rings is 1. The van der Waals surface area contributed by atoms with Gasteiger partial charge in [-0.15, -0.1) is 0 Å². The Balaban J connectivity index is 2.16. The topological polar surface area (TPSA) is 76.4 Å². The van der Waals surface area contributed by atoms with Crippen LogP contribution in [0.2, 0.25) is 0 Å². The van der Waals surface area contributed by atoms with Crippen molar-refractivity contribution in [2.45, 2.75) is 11.8 Å². The number of halogens is 1. The summed E-state index contributed by atoms with van der Waals surface area (Å²) in [6, 6.07) is 6.64. The zero-order valence-corrected chi connectivity index (χ0v) is 12.8. The molecule has 116 valence electrons. The zero-order valence-electron chi connectivity index (χ0n) is 12.0. The van der Waals surface area contributed by atoms with Crippen molar-refractivity contribution in [1.82, 2.24) is 0 Å². The molecule has 2 aromatic rings. The molecule has 0 atom stereocenters. The van der Waals surface area contributed by atoms with Crippen LogP contribution < -0.4 is 5.32 Å². The molecule has 22 heavy (non-hydrogen) atoms. The van der Waals surface area contributed by atoms with Crippen LogP contribution in [-0.4, -0.2) is 20.6 Å². The van der Waals surface area contributed by atoms with Crippen molar-refractivity contribution in [1.29, 1.82) is 0 Å². The molecule has 1 heterocycles. The Morgan fingerprint density at radius 1 is 1.27 bits per heavy atom. The van der Waals surface area contributed by atoms with E-state index in [-0.39, 0.29) is 10.6 Å². The van der Waals surface area contributed by atoms with Crippen molar-refractivity contribution in [3.8, 4) is 0 Å². The summed E-state index contributed by atoms with van der Waals surface area (Å²) in [6.45, 7) is 1.77. The van der Waals surface area contributed by atoms with Gasteiger partial charge in [0.2, 0.25) is 5.91 Å². The van der Waals surface area contributed by atoms with E-state index in [4.69, 9.17) is 4.42 Å². The molecule has 7 heteroatoms. The van der Waals surface area contributed by atoms with Crippen LogP contribution in [0.5, 0.6) is 0 Å². The lowest BCUT2D eigenvalue weighted by atomic mass is 10.3. The molecular weight excluding hydrogens is 309 g/mol. The first-order chi connectivity index (χ1) is 10.3. The fourth-order valence-corrected chi connectivity index (χ4v) is 2.35. The van der Waals surface area contributed by atoms with Gasteiger partial charge in [-0.1, -0.05) is 0 Å². The highest BCUT2D eigenvalue weighted by atomic mass is 32.2. The molecule has 0 aliphatic rings. The standard InChI is InChI=1S/C15H14FNO4S/c1-10-3-4-11(21-10)5-8-15(18)17-14-9-12(22(2,19)20)6-7-13(14)16/h3-9H,1-2H3,(H,17,18)/b8-5+. The lowest BCUT2D eigenvalue weighted by Gasteiger charge is -2.06. The Labute approximate surface area is 127 Å². The van der Waals surface area contributed by atoms with E-state index in [0.717, 1.165) is 24.5 Å². The van der Waals surface area contributed by atoms with Gasteiger partial charge in [-0.05, 0) is 43.3 Å². The largest absolute Gasteiger partial charge is 0.462 e. The number of nitrogens with one attached hydrogen (secondary N) is 1. The molecular formula is C15H14FNO4S. The van der Waals surface area contributed by atoms with Gasteiger partial charge in [-0.2, -0.15) is 0 Å². The summed E-state index contributed by atoms with van der Waals surface area (Å²) in [4.78, 5) is 11.7. The number of carbonyl (C=O) groups is 1. The fourth-order valence-electron chi connectivity index (χ4n) is 1.71. The van der Waals surface area contributed by atoms with E-state index in [9.17, 15) is 17.6 Å². The average Bonchev–Trinajstić information content (AvgIpc) is 2.83. The van der Waals surface area contributed by atoms with E-state index in [1.54, 1.807) is 19.1 Å². The predicted octanol–water partition coefficient (Wildman–Crippen LogP) is 2.78. The molecule has 0 aliphatic carbocycles. The van der Waals surface area contributed by atoms with Gasteiger partial charge in [0, 0.05) is 12.3 Å². The fraction of sp³-hybridized carbons (Fsp3) is 0.133. The van der Waals surface area contributed by atoms with Crippen molar-refractivity contribution in [3.63, 3.8) is 0 Å². The van der Waals surface area contributed by atoms with Gasteiger partial charge in [0.1, 0.15) is 17.3 Å². The number of rotatable bonds is 4. The van der Waals surface area contributed by atoms with Crippen molar-refractivity contribution in [3.05, 3.63) is 53.7 Å². The predicted molar refractivity (Wildman–Crippen MR) is 80.6 cm³/mol. The third-order valence-corrected chi connectivity index (χ3v) is 3.89. The van der Waals surface area contributed by atoms with Crippen LogP contribution in [0, 0.1) is 12.7 Å². The maximum absolute atomic E-state index is 13.6. The van der Waals surface area contributed by atoms with Crippen LogP contribution >= 0.6 is 0 Å². The highest BCUT2D eigenvalue weighted by Gasteiger charge is 2.12. The third-order valence-electron chi connectivity index (χ3n) is 2.78. The van der Waals surface area contributed by atoms with Crippen molar-refractivity contribution < 1.29 is 22.0 Å². The average molecular weight is 323 g/mol. The highest BCUT2D eigenvalue weighted by molar-refractivity contribution is 7.90. The Bertz CT molecular complexity index is 837. The van der Waals surface area contributed by atoms with Crippen molar-refractivity contribution >= 4 is 27.5 Å². The van der Waals surface area contributed by atoms with Gasteiger partial charge >= 0.3 is 0 Å². The number of hydrogen-bond acceptors (Lipinski definition) is 4. The van der Waals surface area contributed by atoms with E-state index in [1.165, 1.54) is 12.2 Å². The smallest absolute Gasteiger partial charge is 0.248 e. The molecule has 1 aromatic carbocycles. The molecule has 0 fully saturated rings. The van der Waals surface area contributed by atoms with Crippen LogP contribution in [0.15, 0.2) is 45.7 Å². The van der Waals surface area contributed by atoms with Gasteiger partial charge in [-0.25, -0.2) is 12.8 Å². The summed E-state index contributed by atoms with van der Waals surface area (Å²) in [6.07, 6.45) is 3.61. The first-order valence-electron chi connectivity index (χ1n) is 6.31. The molecule has 5 nitrogen and oxygen atoms in total. The zero-order chi connectivity index (χ0) is 16.3. The van der Waals surface area contributed by atoms with Crippen LogP contribution in [0.1, 0.15) is 11.5 Å². The van der Waals surface area contributed by atoms with Gasteiger partial charge in [-0.3, -0.25) is 4.79 Å². The summed E-state index contributed by atoms with van der Waals surface area (Å²) in [5.41, 5.74) is -0.201. The molecule has 1 N–H and O–H groups in total. The normalized spacial score (nSPS) is 11.8. The lowest BCUT2D eigenvalue weighted by Crippen LogP contribution is -2.10. The van der Waals surface area contributed by atoms with E-state index in [2.05, 4.69) is 5.32 Å². The van der Waals surface area contributed by atoms with Gasteiger partial charge in [0.15, 0.2) is 9.84 Å². The molecule has 0 bridgehead atoms. The minimum atomic E-state index is -3.48. The first-order valence-corrected chi connectivity index (χ1v) is 8.20. The third kappa shape index (κ3) is 4.05. The van der Waals surface area contributed by atoms with Crippen LogP contribution in [-0.2, 0) is 14.6 Å². The van der Waals surface area contributed by atoms with Crippen LogP contribution in [0.25, 0.3) is 6.08 Å². The summed E-state index contributed by atoms with van der Waals surface area (Å²) in [5.74, 6) is -0.133. The SMILES string of the molecule is Cc1ccc(/C=C/C(=O)Nc2cc(S(C)(=O)=O)ccc2F)o1. The minimum absolute atomic E-state index is 0.0742. The second-order valence-corrected chi connectivity index (χ2v) is 6.70. The summed E-state index contributed by atoms with van der Waals surface area (Å²) < 4.78 is 41.8. The molecule has 1 amide bonds. The Morgan fingerprint density at radius 3 is 2.59 bits per heavy atom. The number of carbonyl (C=O) groups excluding carboxylic acids is 1. The molecule has 0 radical (unpaired) electrons. The van der Waals surface area contributed by atoms with Gasteiger partial charge in [0.05, 0.1) is 10.6 Å². The number of furan rings is 1. The Kier molecular flexibility index (Phi) is 4.46. The van der Waals surface area contributed by atoms with E-state index >= 15 is 0 Å². The van der Waals surface area contributed by atoms with E-state index in [0.29, 0.717) is 11.5 Å². The number of aryl methyl sites for hydroxylation is 1. The lowest BCUT2D eigenvalue weighted by molar-refractivity contribution is -0.111. The van der Waals surface area contributed by atoms with Crippen molar-refractivity contribution in [2.24, 2.45) is 0 Å². The number of hydrogen-bond donors (Lipinski definition) is 1.